The normalized spacial score (nSPS) is 13.6. The number of thioether (sulfide) groups is 1. The minimum absolute atomic E-state index is 0.123. The first-order valence-electron chi connectivity index (χ1n) is 5.62. The average molecular weight is 289 g/mol. The molecule has 0 bridgehead atoms. The van der Waals surface area contributed by atoms with E-state index in [-0.39, 0.29) is 17.5 Å². The molecule has 0 radical (unpaired) electrons. The Morgan fingerprint density at radius 1 is 1.44 bits per heavy atom. The van der Waals surface area contributed by atoms with E-state index >= 15 is 0 Å². The van der Waals surface area contributed by atoms with Gasteiger partial charge < -0.3 is 5.11 Å². The number of rotatable bonds is 6. The maximum Gasteiger partial charge on any atom is 0.241 e. The number of aliphatic hydroxyl groups excluding tert-OH is 1. The third-order valence-corrected chi connectivity index (χ3v) is 5.06. The molecule has 0 amide bonds. The second kappa shape index (κ2) is 6.56. The monoisotopic (exact) mass is 289 g/mol. The zero-order valence-electron chi connectivity index (χ0n) is 10.8. The second-order valence-electron chi connectivity index (χ2n) is 4.24. The molecule has 0 fully saturated rings. The van der Waals surface area contributed by atoms with Crippen LogP contribution in [0.15, 0.2) is 23.1 Å². The van der Waals surface area contributed by atoms with Crippen molar-refractivity contribution in [2.45, 2.75) is 31.4 Å². The van der Waals surface area contributed by atoms with Crippen molar-refractivity contribution in [3.63, 3.8) is 0 Å². The summed E-state index contributed by atoms with van der Waals surface area (Å²) in [7, 11) is -3.52. The van der Waals surface area contributed by atoms with E-state index in [1.165, 1.54) is 6.07 Å². The molecule has 1 rings (SSSR count). The Balaban J connectivity index is 3.04. The Morgan fingerprint density at radius 2 is 2.11 bits per heavy atom. The summed E-state index contributed by atoms with van der Waals surface area (Å²) >= 11 is 1.59. The Labute approximate surface area is 113 Å². The Morgan fingerprint density at radius 3 is 2.67 bits per heavy atom. The molecule has 1 unspecified atom stereocenters. The zero-order valence-corrected chi connectivity index (χ0v) is 12.4. The molecule has 0 aliphatic carbocycles. The van der Waals surface area contributed by atoms with Crippen molar-refractivity contribution >= 4 is 21.8 Å². The quantitative estimate of drug-likeness (QED) is 0.833. The minimum Gasteiger partial charge on any atom is -0.392 e. The van der Waals surface area contributed by atoms with Crippen LogP contribution in [0.2, 0.25) is 0 Å². The van der Waals surface area contributed by atoms with Gasteiger partial charge in [-0.3, -0.25) is 0 Å². The number of benzene rings is 1. The fraction of sp³-hybridized carbons (Fsp3) is 0.500. The minimum atomic E-state index is -3.52. The summed E-state index contributed by atoms with van der Waals surface area (Å²) in [6.45, 7) is 3.41. The molecule has 1 aromatic carbocycles. The van der Waals surface area contributed by atoms with Gasteiger partial charge in [0.15, 0.2) is 0 Å². The maximum absolute atomic E-state index is 12.2. The molecule has 102 valence electrons. The molecular formula is C12H19NO3S2. The molecular weight excluding hydrogens is 270 g/mol. The van der Waals surface area contributed by atoms with Gasteiger partial charge in [-0.2, -0.15) is 11.8 Å². The average Bonchev–Trinajstić information content (AvgIpc) is 2.29. The van der Waals surface area contributed by atoms with Gasteiger partial charge in [-0.1, -0.05) is 12.1 Å². The SMILES string of the molecule is CSCC(C)NS(=O)(=O)c1cc(CO)ccc1C. The van der Waals surface area contributed by atoms with Crippen molar-refractivity contribution in [2.24, 2.45) is 0 Å². The van der Waals surface area contributed by atoms with Crippen LogP contribution in [0.5, 0.6) is 0 Å². The first kappa shape index (κ1) is 15.5. The number of aryl methyl sites for hydroxylation is 1. The lowest BCUT2D eigenvalue weighted by Gasteiger charge is -2.15. The van der Waals surface area contributed by atoms with Gasteiger partial charge in [0, 0.05) is 11.8 Å². The molecule has 0 saturated heterocycles. The Kier molecular flexibility index (Phi) is 5.65. The largest absolute Gasteiger partial charge is 0.392 e. The van der Waals surface area contributed by atoms with Crippen molar-refractivity contribution in [3.8, 4) is 0 Å². The topological polar surface area (TPSA) is 66.4 Å². The Hall–Kier alpha value is -0.560. The van der Waals surface area contributed by atoms with Crippen LogP contribution < -0.4 is 4.72 Å². The summed E-state index contributed by atoms with van der Waals surface area (Å²) in [5, 5.41) is 9.07. The van der Waals surface area contributed by atoms with Crippen LogP contribution in [0.3, 0.4) is 0 Å². The van der Waals surface area contributed by atoms with Gasteiger partial charge in [0.25, 0.3) is 0 Å². The molecule has 0 aliphatic heterocycles. The highest BCUT2D eigenvalue weighted by molar-refractivity contribution is 7.98. The number of sulfonamides is 1. The standard InChI is InChI=1S/C12H19NO3S2/c1-9-4-5-11(7-14)6-12(9)18(15,16)13-10(2)8-17-3/h4-6,10,13-14H,7-8H2,1-3H3. The van der Waals surface area contributed by atoms with Crippen LogP contribution in [-0.2, 0) is 16.6 Å². The summed E-state index contributed by atoms with van der Waals surface area (Å²) in [4.78, 5) is 0.238. The number of hydrogen-bond acceptors (Lipinski definition) is 4. The highest BCUT2D eigenvalue weighted by Crippen LogP contribution is 2.17. The van der Waals surface area contributed by atoms with Gasteiger partial charge in [-0.05, 0) is 37.3 Å². The summed E-state index contributed by atoms with van der Waals surface area (Å²) in [5.74, 6) is 0.720. The van der Waals surface area contributed by atoms with Crippen molar-refractivity contribution in [3.05, 3.63) is 29.3 Å². The van der Waals surface area contributed by atoms with E-state index in [1.54, 1.807) is 30.8 Å². The molecule has 0 aliphatic rings. The highest BCUT2D eigenvalue weighted by atomic mass is 32.2. The molecule has 1 aromatic rings. The van der Waals surface area contributed by atoms with Crippen LogP contribution in [0.4, 0.5) is 0 Å². The van der Waals surface area contributed by atoms with Crippen LogP contribution in [0.1, 0.15) is 18.1 Å². The number of hydrogen-bond donors (Lipinski definition) is 2. The fourth-order valence-electron chi connectivity index (χ4n) is 1.64. The van der Waals surface area contributed by atoms with E-state index in [4.69, 9.17) is 5.11 Å². The number of nitrogens with one attached hydrogen (secondary N) is 1. The summed E-state index contributed by atoms with van der Waals surface area (Å²) in [5.41, 5.74) is 1.27. The van der Waals surface area contributed by atoms with Gasteiger partial charge in [0.1, 0.15) is 0 Å². The lowest BCUT2D eigenvalue weighted by atomic mass is 10.2. The van der Waals surface area contributed by atoms with E-state index in [0.29, 0.717) is 11.1 Å². The second-order valence-corrected chi connectivity index (χ2v) is 6.83. The lowest BCUT2D eigenvalue weighted by Crippen LogP contribution is -2.34. The summed E-state index contributed by atoms with van der Waals surface area (Å²) in [6.07, 6.45) is 1.93. The predicted octanol–water partition coefficient (Wildman–Crippen LogP) is 1.52. The summed E-state index contributed by atoms with van der Waals surface area (Å²) < 4.78 is 27.0. The molecule has 1 atom stereocenters. The molecule has 6 heteroatoms. The summed E-state index contributed by atoms with van der Waals surface area (Å²) in [6, 6.07) is 4.82. The highest BCUT2D eigenvalue weighted by Gasteiger charge is 2.19. The van der Waals surface area contributed by atoms with E-state index in [2.05, 4.69) is 4.72 Å². The first-order valence-corrected chi connectivity index (χ1v) is 8.50. The van der Waals surface area contributed by atoms with Gasteiger partial charge >= 0.3 is 0 Å². The maximum atomic E-state index is 12.2. The van der Waals surface area contributed by atoms with Crippen LogP contribution in [0, 0.1) is 6.92 Å². The first-order chi connectivity index (χ1) is 8.40. The third-order valence-electron chi connectivity index (χ3n) is 2.50. The van der Waals surface area contributed by atoms with E-state index in [1.807, 2.05) is 13.2 Å². The zero-order chi connectivity index (χ0) is 13.8. The number of aliphatic hydroxyl groups is 1. The third kappa shape index (κ3) is 3.98. The lowest BCUT2D eigenvalue weighted by molar-refractivity contribution is 0.281. The van der Waals surface area contributed by atoms with Crippen molar-refractivity contribution in [1.82, 2.24) is 4.72 Å². The van der Waals surface area contributed by atoms with Crippen molar-refractivity contribution < 1.29 is 13.5 Å². The fourth-order valence-corrected chi connectivity index (χ4v) is 3.87. The molecule has 4 nitrogen and oxygen atoms in total. The van der Waals surface area contributed by atoms with E-state index < -0.39 is 10.0 Å². The van der Waals surface area contributed by atoms with Crippen LogP contribution >= 0.6 is 11.8 Å². The molecule has 2 N–H and O–H groups in total. The van der Waals surface area contributed by atoms with Gasteiger partial charge in [-0.15, -0.1) is 0 Å². The van der Waals surface area contributed by atoms with E-state index in [9.17, 15) is 8.42 Å². The van der Waals surface area contributed by atoms with Crippen LogP contribution in [-0.4, -0.2) is 31.6 Å². The molecule has 0 saturated carbocycles. The molecule has 0 spiro atoms. The van der Waals surface area contributed by atoms with Crippen molar-refractivity contribution in [1.29, 1.82) is 0 Å². The van der Waals surface area contributed by atoms with Gasteiger partial charge in [-0.25, -0.2) is 13.1 Å². The van der Waals surface area contributed by atoms with Gasteiger partial charge in [0.05, 0.1) is 11.5 Å². The molecule has 0 heterocycles. The Bertz CT molecular complexity index is 500. The van der Waals surface area contributed by atoms with Gasteiger partial charge in [0.2, 0.25) is 10.0 Å². The predicted molar refractivity (Wildman–Crippen MR) is 75.3 cm³/mol. The molecule has 0 aromatic heterocycles. The van der Waals surface area contributed by atoms with Crippen molar-refractivity contribution in [2.75, 3.05) is 12.0 Å². The van der Waals surface area contributed by atoms with E-state index in [0.717, 1.165) is 5.75 Å². The smallest absolute Gasteiger partial charge is 0.241 e. The van der Waals surface area contributed by atoms with Crippen LogP contribution in [0.25, 0.3) is 0 Å². The molecule has 18 heavy (non-hydrogen) atoms.